The minimum Gasteiger partial charge on any atom is -0.359 e. The third kappa shape index (κ3) is 6.08. The van der Waals surface area contributed by atoms with Crippen LogP contribution in [0.25, 0.3) is 100 Å². The smallest absolute Gasteiger partial charge is 0.138 e. The molecule has 0 radical (unpaired) electrons. The largest absolute Gasteiger partial charge is 0.359 e. The number of aromatic nitrogens is 5. The van der Waals surface area contributed by atoms with Crippen molar-refractivity contribution in [2.24, 2.45) is 0 Å². The van der Waals surface area contributed by atoms with Gasteiger partial charge in [0.1, 0.15) is 11.6 Å². The van der Waals surface area contributed by atoms with Crippen LogP contribution in [0.2, 0.25) is 0 Å². The third-order valence-corrected chi connectivity index (χ3v) is 12.0. The summed E-state index contributed by atoms with van der Waals surface area (Å²) in [6.45, 7) is 0. The maximum absolute atomic E-state index is 5.22. The number of fused-ring (bicyclic) bond motifs is 6. The SMILES string of the molecule is C1=CC(c2cccc(-c3cccc(-c4cccc(-n5c6ccccc6c6ccccc65)n4)n3)n2)NC(n2c3ccc(-c4ccccc4)cc3c3cc(-c4ccccc4)ccc32)=C1. The minimum atomic E-state index is -0.164. The molecule has 62 heavy (non-hydrogen) atoms. The quantitative estimate of drug-likeness (QED) is 0.175. The second-order valence-electron chi connectivity index (χ2n) is 15.7. The maximum atomic E-state index is 5.22. The Morgan fingerprint density at radius 2 is 0.871 bits per heavy atom. The standard InChI is InChI=1S/C56H38N6/c1-3-15-37(16-4-1)39-31-33-53-43(35-39)44-36-40(38-17-5-2-6-18-38)32-34-54(44)62(53)56-30-14-26-50(60-56)48-24-12-22-46(58-48)45-21-11-23-47(57-45)49-25-13-29-55(59-49)61-51-27-9-7-19-41(51)42-20-8-10-28-52(42)61/h1-36,50,60H. The normalized spacial score (nSPS) is 13.8. The van der Waals surface area contributed by atoms with E-state index in [2.05, 4.69) is 203 Å². The van der Waals surface area contributed by atoms with Crippen LogP contribution in [0.15, 0.2) is 218 Å². The van der Waals surface area contributed by atoms with Gasteiger partial charge in [-0.3, -0.25) is 9.13 Å². The summed E-state index contributed by atoms with van der Waals surface area (Å²) >= 11 is 0. The van der Waals surface area contributed by atoms with E-state index < -0.39 is 0 Å². The first-order chi connectivity index (χ1) is 30.7. The molecule has 12 rings (SSSR count). The molecule has 0 saturated carbocycles. The summed E-state index contributed by atoms with van der Waals surface area (Å²) in [7, 11) is 0. The molecule has 0 aliphatic carbocycles. The molecule has 0 bridgehead atoms. The first-order valence-corrected chi connectivity index (χ1v) is 21.0. The van der Waals surface area contributed by atoms with Gasteiger partial charge < -0.3 is 5.32 Å². The Labute approximate surface area is 358 Å². The summed E-state index contributed by atoms with van der Waals surface area (Å²) in [5.41, 5.74) is 13.4. The lowest BCUT2D eigenvalue weighted by atomic mass is 10.0. The van der Waals surface area contributed by atoms with Crippen molar-refractivity contribution in [2.75, 3.05) is 0 Å². The predicted octanol–water partition coefficient (Wildman–Crippen LogP) is 13.4. The Kier molecular flexibility index (Phi) is 8.45. The average Bonchev–Trinajstić information content (AvgIpc) is 3.87. The first-order valence-electron chi connectivity index (χ1n) is 21.0. The molecule has 0 fully saturated rings. The van der Waals surface area contributed by atoms with Crippen molar-refractivity contribution >= 4 is 49.4 Å². The molecule has 0 amide bonds. The molecule has 6 heterocycles. The molecular weight excluding hydrogens is 757 g/mol. The van der Waals surface area contributed by atoms with Crippen molar-refractivity contribution in [3.8, 4) is 50.8 Å². The molecule has 6 nitrogen and oxygen atoms in total. The molecule has 11 aromatic rings. The monoisotopic (exact) mass is 794 g/mol. The molecule has 1 aliphatic heterocycles. The Bertz CT molecular complexity index is 3410. The van der Waals surface area contributed by atoms with Gasteiger partial charge >= 0.3 is 0 Å². The molecule has 6 aromatic carbocycles. The number of nitrogens with zero attached hydrogens (tertiary/aromatic N) is 5. The van der Waals surface area contributed by atoms with E-state index in [1.807, 2.05) is 30.3 Å². The average molecular weight is 795 g/mol. The minimum absolute atomic E-state index is 0.164. The number of hydrogen-bond donors (Lipinski definition) is 1. The Morgan fingerprint density at radius 1 is 0.371 bits per heavy atom. The number of dihydropyridines is 1. The molecule has 1 unspecified atom stereocenters. The van der Waals surface area contributed by atoms with Crippen molar-refractivity contribution in [2.45, 2.75) is 6.04 Å². The molecule has 0 spiro atoms. The number of allylic oxidation sites excluding steroid dienone is 2. The van der Waals surface area contributed by atoms with E-state index in [9.17, 15) is 0 Å². The molecular formula is C56H38N6. The van der Waals surface area contributed by atoms with Crippen LogP contribution in [0.1, 0.15) is 11.7 Å². The topological polar surface area (TPSA) is 60.6 Å². The van der Waals surface area contributed by atoms with Gasteiger partial charge in [0.05, 0.1) is 56.6 Å². The highest BCUT2D eigenvalue weighted by molar-refractivity contribution is 6.12. The van der Waals surface area contributed by atoms with Gasteiger partial charge in [-0.25, -0.2) is 15.0 Å². The number of benzene rings is 6. The molecule has 6 heteroatoms. The van der Waals surface area contributed by atoms with Crippen molar-refractivity contribution < 1.29 is 0 Å². The van der Waals surface area contributed by atoms with Crippen LogP contribution in [-0.2, 0) is 0 Å². The Hall–Kier alpha value is -8.35. The fraction of sp³-hybridized carbons (Fsp3) is 0.0179. The number of pyridine rings is 3. The fourth-order valence-corrected chi connectivity index (χ4v) is 9.08. The van der Waals surface area contributed by atoms with Gasteiger partial charge in [-0.05, 0) is 101 Å². The van der Waals surface area contributed by atoms with Crippen LogP contribution in [0.5, 0.6) is 0 Å². The van der Waals surface area contributed by atoms with Gasteiger partial charge in [0.2, 0.25) is 0 Å². The van der Waals surface area contributed by atoms with E-state index in [1.165, 1.54) is 43.8 Å². The molecule has 292 valence electrons. The first kappa shape index (κ1) is 35.6. The zero-order valence-corrected chi connectivity index (χ0v) is 33.6. The predicted molar refractivity (Wildman–Crippen MR) is 255 cm³/mol. The van der Waals surface area contributed by atoms with E-state index in [1.54, 1.807) is 0 Å². The number of nitrogens with one attached hydrogen (secondary N) is 1. The van der Waals surface area contributed by atoms with E-state index >= 15 is 0 Å². The number of para-hydroxylation sites is 2. The van der Waals surface area contributed by atoms with Crippen LogP contribution < -0.4 is 5.32 Å². The van der Waals surface area contributed by atoms with Crippen LogP contribution >= 0.6 is 0 Å². The lowest BCUT2D eigenvalue weighted by Gasteiger charge is -2.24. The van der Waals surface area contributed by atoms with Crippen LogP contribution in [0.3, 0.4) is 0 Å². The second kappa shape index (κ2) is 14.7. The molecule has 1 aliphatic rings. The zero-order valence-electron chi connectivity index (χ0n) is 33.6. The molecule has 5 aromatic heterocycles. The van der Waals surface area contributed by atoms with Gasteiger partial charge in [-0.2, -0.15) is 0 Å². The van der Waals surface area contributed by atoms with Gasteiger partial charge in [0.15, 0.2) is 0 Å². The summed E-state index contributed by atoms with van der Waals surface area (Å²) < 4.78 is 4.58. The van der Waals surface area contributed by atoms with E-state index in [4.69, 9.17) is 15.0 Å². The van der Waals surface area contributed by atoms with E-state index in [-0.39, 0.29) is 6.04 Å². The molecule has 1 N–H and O–H groups in total. The highest BCUT2D eigenvalue weighted by Gasteiger charge is 2.21. The van der Waals surface area contributed by atoms with Crippen LogP contribution in [0, 0.1) is 0 Å². The maximum Gasteiger partial charge on any atom is 0.138 e. The van der Waals surface area contributed by atoms with Crippen LogP contribution in [-0.4, -0.2) is 24.1 Å². The lowest BCUT2D eigenvalue weighted by Crippen LogP contribution is -2.24. The Morgan fingerprint density at radius 3 is 1.48 bits per heavy atom. The van der Waals surface area contributed by atoms with E-state index in [0.29, 0.717) is 0 Å². The summed E-state index contributed by atoms with van der Waals surface area (Å²) in [4.78, 5) is 15.5. The van der Waals surface area contributed by atoms with Crippen molar-refractivity contribution in [1.29, 1.82) is 0 Å². The van der Waals surface area contributed by atoms with Gasteiger partial charge in [-0.1, -0.05) is 140 Å². The summed E-state index contributed by atoms with van der Waals surface area (Å²) in [6.07, 6.45) is 6.45. The van der Waals surface area contributed by atoms with Crippen molar-refractivity contribution in [1.82, 2.24) is 29.4 Å². The second-order valence-corrected chi connectivity index (χ2v) is 15.7. The van der Waals surface area contributed by atoms with Crippen molar-refractivity contribution in [3.05, 3.63) is 224 Å². The molecule has 0 saturated heterocycles. The highest BCUT2D eigenvalue weighted by Crippen LogP contribution is 2.38. The lowest BCUT2D eigenvalue weighted by molar-refractivity contribution is 0.714. The third-order valence-electron chi connectivity index (χ3n) is 12.0. The molecule has 1 atom stereocenters. The highest BCUT2D eigenvalue weighted by atomic mass is 15.2. The zero-order chi connectivity index (χ0) is 41.0. The van der Waals surface area contributed by atoms with E-state index in [0.717, 1.165) is 62.2 Å². The summed E-state index contributed by atoms with van der Waals surface area (Å²) in [5, 5.41) is 8.67. The van der Waals surface area contributed by atoms with Gasteiger partial charge in [0, 0.05) is 21.5 Å². The van der Waals surface area contributed by atoms with Gasteiger partial charge in [0.25, 0.3) is 0 Å². The number of hydrogen-bond acceptors (Lipinski definition) is 4. The van der Waals surface area contributed by atoms with Gasteiger partial charge in [-0.15, -0.1) is 0 Å². The Balaban J connectivity index is 0.881. The van der Waals surface area contributed by atoms with Crippen molar-refractivity contribution in [3.63, 3.8) is 0 Å². The summed E-state index contributed by atoms with van der Waals surface area (Å²) in [5.74, 6) is 1.83. The summed E-state index contributed by atoms with van der Waals surface area (Å²) in [6, 6.07) is 70.1. The number of rotatable bonds is 7. The van der Waals surface area contributed by atoms with Crippen LogP contribution in [0.4, 0.5) is 0 Å². The fourth-order valence-electron chi connectivity index (χ4n) is 9.08.